The Labute approximate surface area is 452 Å². The number of nitrogens with one attached hydrogen (secondary N) is 2. The summed E-state index contributed by atoms with van der Waals surface area (Å²) in [5.41, 5.74) is -0.544. The quantitative estimate of drug-likeness (QED) is 0.0279. The summed E-state index contributed by atoms with van der Waals surface area (Å²) in [6.07, 6.45) is -3.27. The summed E-state index contributed by atoms with van der Waals surface area (Å²) in [6.45, 7) is 10.9. The van der Waals surface area contributed by atoms with Gasteiger partial charge in [-0.3, -0.25) is 37.3 Å². The first-order valence-electron chi connectivity index (χ1n) is 25.5. The van der Waals surface area contributed by atoms with Crippen LogP contribution in [0.2, 0.25) is 18.1 Å². The van der Waals surface area contributed by atoms with E-state index in [1.165, 1.54) is 27.6 Å². The summed E-state index contributed by atoms with van der Waals surface area (Å²) in [5, 5.41) is 12.0. The third-order valence-corrected chi connectivity index (χ3v) is 20.2. The van der Waals surface area contributed by atoms with E-state index in [0.29, 0.717) is 28.2 Å². The fourth-order valence-corrected chi connectivity index (χ4v) is 11.8. The van der Waals surface area contributed by atoms with Gasteiger partial charge in [0.25, 0.3) is 11.5 Å². The second-order valence-electron chi connectivity index (χ2n) is 20.4. The smallest absolute Gasteiger partial charge is 0.475 e. The maximum atomic E-state index is 15.3. The summed E-state index contributed by atoms with van der Waals surface area (Å²) in [6, 6.07) is 36.3. The zero-order valence-corrected chi connectivity index (χ0v) is 46.7. The van der Waals surface area contributed by atoms with Crippen LogP contribution in [0.1, 0.15) is 85.1 Å². The maximum Gasteiger partial charge on any atom is 0.475 e. The Morgan fingerprint density at radius 2 is 1.36 bits per heavy atom. The van der Waals surface area contributed by atoms with E-state index >= 15 is 4.57 Å². The molecule has 7 atom stereocenters. The topological polar surface area (TPSA) is 243 Å². The van der Waals surface area contributed by atoms with E-state index in [4.69, 9.17) is 41.7 Å². The zero-order valence-electron chi connectivity index (χ0n) is 44.8. The van der Waals surface area contributed by atoms with Gasteiger partial charge in [0.05, 0.1) is 52.6 Å². The highest BCUT2D eigenvalue weighted by Gasteiger charge is 2.49. The number of phosphoric ester groups is 1. The van der Waals surface area contributed by atoms with Gasteiger partial charge in [0, 0.05) is 36.4 Å². The van der Waals surface area contributed by atoms with Gasteiger partial charge in [0.1, 0.15) is 53.7 Å². The van der Waals surface area contributed by atoms with Gasteiger partial charge in [-0.15, -0.1) is 0 Å². The van der Waals surface area contributed by atoms with Crippen LogP contribution in [0.3, 0.4) is 0 Å². The fourth-order valence-electron chi connectivity index (χ4n) is 9.03. The molecule has 0 saturated carbocycles. The molecular formula is C56H65N6O14PSi. The number of aromatic amines is 1. The number of hydrogen-bond donors (Lipinski definition) is 2. The second-order valence-corrected chi connectivity index (χ2v) is 26.8. The standard InChI is InChI=1S/C56H65N6O14PSi/c1-37-34-62(54(66)60-51(37)63)50-33-45(76-78(7,8)55(2,3)4)47(74-50)36-72-77(67,71-31-15-29-57)75-44-32-49(61-30-28-48(59-53(61)65)58-52(64)38-16-11-9-12-17-38)73-46(44)35-70-56(39-18-13-10-14-19-39,40-20-24-42(68-5)25-21-40)41-22-26-43(69-6)27-23-41/h9-14,16-28,30,34,44-47,49-50H,15,31-33,35-36H2,1-8H3,(H,60,63,66)(H,58,59,64,65)/t44-,45-,46+,47+,49+,50+,77?/m0/s1. The third-order valence-electron chi connectivity index (χ3n) is 14.2. The molecule has 78 heavy (non-hydrogen) atoms. The van der Waals surface area contributed by atoms with Crippen molar-refractivity contribution in [2.75, 3.05) is 39.4 Å². The van der Waals surface area contributed by atoms with E-state index in [0.717, 1.165) is 5.56 Å². The predicted molar refractivity (Wildman–Crippen MR) is 291 cm³/mol. The Balaban J connectivity index is 1.16. The molecule has 4 aromatic carbocycles. The van der Waals surface area contributed by atoms with Crippen LogP contribution in [-0.4, -0.2) is 91.8 Å². The molecule has 22 heteroatoms. The molecule has 412 valence electrons. The minimum atomic E-state index is -4.76. The van der Waals surface area contributed by atoms with Crippen molar-refractivity contribution >= 4 is 27.9 Å². The van der Waals surface area contributed by atoms with Gasteiger partial charge < -0.3 is 33.4 Å². The van der Waals surface area contributed by atoms with Gasteiger partial charge in [-0.25, -0.2) is 14.2 Å². The van der Waals surface area contributed by atoms with Crippen LogP contribution in [0.15, 0.2) is 142 Å². The van der Waals surface area contributed by atoms with Crippen molar-refractivity contribution in [1.29, 1.82) is 5.26 Å². The molecule has 8 rings (SSSR count). The number of phosphoric acid groups is 1. The fraction of sp³-hybridized carbons (Fsp3) is 0.393. The van der Waals surface area contributed by atoms with Gasteiger partial charge in [-0.05, 0) is 84.2 Å². The number of nitrogens with zero attached hydrogens (tertiary/aromatic N) is 4. The van der Waals surface area contributed by atoms with Crippen LogP contribution in [0, 0.1) is 18.3 Å². The highest BCUT2D eigenvalue weighted by molar-refractivity contribution is 7.48. The zero-order chi connectivity index (χ0) is 55.8. The summed E-state index contributed by atoms with van der Waals surface area (Å²) in [5.74, 6) is 0.751. The van der Waals surface area contributed by atoms with Crippen molar-refractivity contribution in [1.82, 2.24) is 19.1 Å². The molecule has 1 amide bonds. The first-order chi connectivity index (χ1) is 37.3. The highest BCUT2D eigenvalue weighted by Crippen LogP contribution is 2.54. The predicted octanol–water partition coefficient (Wildman–Crippen LogP) is 8.79. The SMILES string of the molecule is COc1ccc(C(OC[C@H]2O[C@@H](n3ccc(NC(=O)c4ccccc4)nc3=O)C[C@@H]2OP(=O)(OCCC#N)OC[C@H]2O[C@@H](n3cc(C)c(=O)[nH]c3=O)C[C@@H]2O[Si](C)(C)C(C)(C)C)(c2ccccc2)c2ccc(OC)cc2)cc1. The Morgan fingerprint density at radius 3 is 1.94 bits per heavy atom. The molecule has 0 spiro atoms. The number of carbonyl (C=O) groups is 1. The maximum absolute atomic E-state index is 15.3. The van der Waals surface area contributed by atoms with E-state index in [-0.39, 0.29) is 48.9 Å². The van der Waals surface area contributed by atoms with Crippen LogP contribution in [0.5, 0.6) is 11.5 Å². The third kappa shape index (κ3) is 13.0. The summed E-state index contributed by atoms with van der Waals surface area (Å²) < 4.78 is 74.9. The second kappa shape index (κ2) is 24.5. The number of methoxy groups -OCH3 is 2. The molecule has 6 aromatic rings. The van der Waals surface area contributed by atoms with E-state index < -0.39 is 88.1 Å². The number of carbonyl (C=O) groups excluding carboxylic acids is 1. The Morgan fingerprint density at radius 1 is 0.795 bits per heavy atom. The summed E-state index contributed by atoms with van der Waals surface area (Å²) in [7, 11) is -4.15. The molecule has 0 radical (unpaired) electrons. The Bertz CT molecular complexity index is 3240. The first kappa shape index (κ1) is 57.3. The molecule has 20 nitrogen and oxygen atoms in total. The van der Waals surface area contributed by atoms with Gasteiger partial charge >= 0.3 is 19.2 Å². The van der Waals surface area contributed by atoms with Gasteiger partial charge in [-0.1, -0.05) is 93.6 Å². The number of benzene rings is 4. The van der Waals surface area contributed by atoms with Crippen molar-refractivity contribution < 1.29 is 51.0 Å². The van der Waals surface area contributed by atoms with E-state index in [1.54, 1.807) is 51.5 Å². The molecular weight excluding hydrogens is 1040 g/mol. The van der Waals surface area contributed by atoms with Crippen molar-refractivity contribution in [2.45, 2.75) is 108 Å². The number of anilines is 1. The minimum Gasteiger partial charge on any atom is -0.497 e. The molecule has 2 aliphatic rings. The van der Waals surface area contributed by atoms with Gasteiger partial charge in [-0.2, -0.15) is 10.2 Å². The number of nitriles is 1. The lowest BCUT2D eigenvalue weighted by atomic mass is 9.80. The largest absolute Gasteiger partial charge is 0.497 e. The number of H-pyrrole nitrogens is 1. The molecule has 2 fully saturated rings. The lowest BCUT2D eigenvalue weighted by Crippen LogP contribution is -2.46. The van der Waals surface area contributed by atoms with E-state index in [9.17, 15) is 24.4 Å². The van der Waals surface area contributed by atoms with Crippen LogP contribution >= 0.6 is 7.82 Å². The lowest BCUT2D eigenvalue weighted by Gasteiger charge is -2.39. The number of aryl methyl sites for hydroxylation is 1. The number of ether oxygens (including phenoxy) is 5. The van der Waals surface area contributed by atoms with E-state index in [2.05, 4.69) is 49.1 Å². The molecule has 2 saturated heterocycles. The Hall–Kier alpha value is -6.83. The van der Waals surface area contributed by atoms with Crippen LogP contribution < -0.4 is 31.7 Å². The molecule has 4 heterocycles. The minimum absolute atomic E-state index is 0.000949. The lowest BCUT2D eigenvalue weighted by molar-refractivity contribution is -0.0959. The van der Waals surface area contributed by atoms with Crippen molar-refractivity contribution in [3.05, 3.63) is 187 Å². The molecule has 2 aliphatic heterocycles. The van der Waals surface area contributed by atoms with Gasteiger partial charge in [0.15, 0.2) is 8.32 Å². The number of amides is 1. The van der Waals surface area contributed by atoms with Crippen LogP contribution in [-0.2, 0) is 42.4 Å². The van der Waals surface area contributed by atoms with Crippen LogP contribution in [0.25, 0.3) is 0 Å². The molecule has 2 N–H and O–H groups in total. The molecule has 0 bridgehead atoms. The number of hydrogen-bond acceptors (Lipinski definition) is 16. The van der Waals surface area contributed by atoms with Crippen LogP contribution in [0.4, 0.5) is 5.82 Å². The monoisotopic (exact) mass is 1100 g/mol. The molecule has 0 aliphatic carbocycles. The number of rotatable bonds is 22. The summed E-state index contributed by atoms with van der Waals surface area (Å²) >= 11 is 0. The number of aromatic nitrogens is 4. The first-order valence-corrected chi connectivity index (χ1v) is 29.8. The van der Waals surface area contributed by atoms with E-state index in [1.807, 2.05) is 84.9 Å². The van der Waals surface area contributed by atoms with Crippen molar-refractivity contribution in [3.8, 4) is 17.6 Å². The molecule has 2 aromatic heterocycles. The normalized spacial score (nSPS) is 20.4. The molecule has 1 unspecified atom stereocenters. The van der Waals surface area contributed by atoms with Crippen molar-refractivity contribution in [3.63, 3.8) is 0 Å². The Kier molecular flexibility index (Phi) is 18.0. The van der Waals surface area contributed by atoms with Crippen molar-refractivity contribution in [2.24, 2.45) is 0 Å². The van der Waals surface area contributed by atoms with Gasteiger partial charge in [0.2, 0.25) is 0 Å². The average molecular weight is 1110 g/mol. The highest BCUT2D eigenvalue weighted by atomic mass is 31.2. The average Bonchev–Trinajstić information content (AvgIpc) is 4.09. The summed E-state index contributed by atoms with van der Waals surface area (Å²) in [4.78, 5) is 59.0.